The van der Waals surface area contributed by atoms with Crippen LogP contribution >= 0.6 is 35.1 Å². The molecular formula is C30H29ClN2O5S2. The molecular weight excluding hydrogens is 568 g/mol. The largest absolute Gasteiger partial charge is 0.497 e. The van der Waals surface area contributed by atoms with E-state index in [2.05, 4.69) is 0 Å². The summed E-state index contributed by atoms with van der Waals surface area (Å²) in [6.07, 6.45) is 0. The van der Waals surface area contributed by atoms with Crippen molar-refractivity contribution < 1.29 is 23.9 Å². The molecule has 3 aromatic rings. The monoisotopic (exact) mass is 596 g/mol. The molecule has 0 saturated carbocycles. The van der Waals surface area contributed by atoms with Crippen molar-refractivity contribution in [1.29, 1.82) is 0 Å². The number of rotatable bonds is 5. The summed E-state index contributed by atoms with van der Waals surface area (Å²) in [6, 6.07) is 19.3. The molecule has 1 saturated heterocycles. The number of thioether (sulfide) groups is 2. The fourth-order valence-electron chi connectivity index (χ4n) is 5.19. The lowest BCUT2D eigenvalue weighted by Crippen LogP contribution is -2.50. The molecule has 0 bridgehead atoms. The van der Waals surface area contributed by atoms with E-state index in [1.807, 2.05) is 56.3 Å². The Kier molecular flexibility index (Phi) is 7.83. The summed E-state index contributed by atoms with van der Waals surface area (Å²) in [7, 11) is 1.55. The van der Waals surface area contributed by atoms with Crippen LogP contribution in [0.15, 0.2) is 71.6 Å². The Bertz CT molecular complexity index is 1480. The molecule has 2 amide bonds. The van der Waals surface area contributed by atoms with Crippen LogP contribution in [0.3, 0.4) is 0 Å². The number of fused-ring (bicyclic) bond motifs is 1. The standard InChI is InChI=1S/C30H29ClN2O5S2/c1-17(34)32-23-13-11-20(31)15-25(23)39-28(32)22-16-21(37-5)12-14-24(22)38-29(36)26-30(3,4)40-27(33(26)18(2)35)19-9-7-6-8-10-19/h6-16,26-28H,1-5H3/t26-,27-,28?/m0/s1. The molecule has 2 aliphatic heterocycles. The van der Waals surface area contributed by atoms with E-state index < -0.39 is 22.1 Å². The molecule has 10 heteroatoms. The first-order valence-electron chi connectivity index (χ1n) is 12.7. The Labute approximate surface area is 247 Å². The first-order chi connectivity index (χ1) is 19.0. The number of hydrogen-bond donors (Lipinski definition) is 0. The number of anilines is 1. The zero-order chi connectivity index (χ0) is 28.8. The van der Waals surface area contributed by atoms with Gasteiger partial charge in [0, 0.05) is 34.1 Å². The number of nitrogens with zero attached hydrogens (tertiary/aromatic N) is 2. The summed E-state index contributed by atoms with van der Waals surface area (Å²) in [6.45, 7) is 6.86. The second-order valence-electron chi connectivity index (χ2n) is 10.1. The summed E-state index contributed by atoms with van der Waals surface area (Å²) in [5.74, 6) is -0.0822. The molecule has 0 spiro atoms. The van der Waals surface area contributed by atoms with E-state index in [1.54, 1.807) is 52.9 Å². The van der Waals surface area contributed by atoms with Gasteiger partial charge < -0.3 is 14.4 Å². The SMILES string of the molecule is COc1ccc(OC(=O)[C@@H]2N(C(C)=O)[C@H](c3ccccc3)SC2(C)C)c(C2Sc3cc(Cl)ccc3N2C(C)=O)c1. The minimum absolute atomic E-state index is 0.166. The maximum absolute atomic E-state index is 14.0. The predicted molar refractivity (Wildman–Crippen MR) is 159 cm³/mol. The zero-order valence-electron chi connectivity index (χ0n) is 22.7. The number of halogens is 1. The van der Waals surface area contributed by atoms with Gasteiger partial charge in [0.15, 0.2) is 0 Å². The fraction of sp³-hybridized carbons (Fsp3) is 0.300. The quantitative estimate of drug-likeness (QED) is 0.235. The third kappa shape index (κ3) is 5.18. The summed E-state index contributed by atoms with van der Waals surface area (Å²) in [5.41, 5.74) is 2.26. The highest BCUT2D eigenvalue weighted by Crippen LogP contribution is 2.55. The number of amides is 2. The van der Waals surface area contributed by atoms with Crippen molar-refractivity contribution in [2.24, 2.45) is 0 Å². The van der Waals surface area contributed by atoms with Crippen molar-refractivity contribution in [2.75, 3.05) is 12.0 Å². The molecule has 1 unspecified atom stereocenters. The van der Waals surface area contributed by atoms with Crippen molar-refractivity contribution in [3.8, 4) is 11.5 Å². The molecule has 208 valence electrons. The minimum atomic E-state index is -0.841. The third-order valence-corrected chi connectivity index (χ3v) is 10.0. The molecule has 3 atom stereocenters. The van der Waals surface area contributed by atoms with Crippen LogP contribution in [-0.4, -0.2) is 40.6 Å². The molecule has 2 heterocycles. The van der Waals surface area contributed by atoms with Gasteiger partial charge in [0.2, 0.25) is 11.8 Å². The van der Waals surface area contributed by atoms with E-state index in [0.29, 0.717) is 22.1 Å². The summed E-state index contributed by atoms with van der Waals surface area (Å²) >= 11 is 9.24. The van der Waals surface area contributed by atoms with Crippen molar-refractivity contribution in [1.82, 2.24) is 4.90 Å². The lowest BCUT2D eigenvalue weighted by molar-refractivity contribution is -0.148. The van der Waals surface area contributed by atoms with E-state index in [4.69, 9.17) is 21.1 Å². The van der Waals surface area contributed by atoms with Crippen LogP contribution < -0.4 is 14.4 Å². The van der Waals surface area contributed by atoms with Crippen LogP contribution in [0.4, 0.5) is 5.69 Å². The Morgan fingerprint density at radius 1 is 0.925 bits per heavy atom. The van der Waals surface area contributed by atoms with E-state index in [9.17, 15) is 14.4 Å². The number of methoxy groups -OCH3 is 1. The molecule has 0 aromatic heterocycles. The molecule has 0 N–H and O–H groups in total. The summed E-state index contributed by atoms with van der Waals surface area (Å²) < 4.78 is 11.0. The highest BCUT2D eigenvalue weighted by molar-refractivity contribution is 8.01. The van der Waals surface area contributed by atoms with Gasteiger partial charge in [0.25, 0.3) is 0 Å². The van der Waals surface area contributed by atoms with Crippen molar-refractivity contribution in [2.45, 2.75) is 54.1 Å². The highest BCUT2D eigenvalue weighted by atomic mass is 35.5. The second-order valence-corrected chi connectivity index (χ2v) is 13.4. The summed E-state index contributed by atoms with van der Waals surface area (Å²) in [4.78, 5) is 43.9. The zero-order valence-corrected chi connectivity index (χ0v) is 25.1. The Hall–Kier alpha value is -3.14. The first-order valence-corrected chi connectivity index (χ1v) is 14.8. The average Bonchev–Trinajstić information content (AvgIpc) is 3.43. The van der Waals surface area contributed by atoms with Crippen LogP contribution in [0.5, 0.6) is 11.5 Å². The molecule has 0 radical (unpaired) electrons. The van der Waals surface area contributed by atoms with Gasteiger partial charge in [0.05, 0.1) is 12.8 Å². The minimum Gasteiger partial charge on any atom is -0.497 e. The number of ether oxygens (including phenoxy) is 2. The number of hydrogen-bond acceptors (Lipinski definition) is 7. The van der Waals surface area contributed by atoms with Crippen LogP contribution in [-0.2, 0) is 14.4 Å². The fourth-order valence-corrected chi connectivity index (χ4v) is 8.42. The number of carbonyl (C=O) groups excluding carboxylic acids is 3. The smallest absolute Gasteiger partial charge is 0.335 e. The van der Waals surface area contributed by atoms with Crippen LogP contribution in [0.2, 0.25) is 5.02 Å². The van der Waals surface area contributed by atoms with Gasteiger partial charge in [-0.3, -0.25) is 14.5 Å². The van der Waals surface area contributed by atoms with Gasteiger partial charge in [-0.05, 0) is 55.8 Å². The molecule has 2 aliphatic rings. The molecule has 7 nitrogen and oxygen atoms in total. The lowest BCUT2D eigenvalue weighted by atomic mass is 10.0. The Balaban J connectivity index is 1.52. The van der Waals surface area contributed by atoms with Gasteiger partial charge >= 0.3 is 5.97 Å². The van der Waals surface area contributed by atoms with Crippen molar-refractivity contribution in [3.05, 3.63) is 82.9 Å². The molecule has 1 fully saturated rings. The van der Waals surface area contributed by atoms with Crippen LogP contribution in [0.1, 0.15) is 49.6 Å². The average molecular weight is 597 g/mol. The van der Waals surface area contributed by atoms with E-state index in [-0.39, 0.29) is 17.2 Å². The van der Waals surface area contributed by atoms with Gasteiger partial charge in [-0.25, -0.2) is 4.79 Å². The molecule has 3 aromatic carbocycles. The third-order valence-electron chi connectivity index (χ3n) is 6.96. The number of carbonyl (C=O) groups is 3. The van der Waals surface area contributed by atoms with E-state index >= 15 is 0 Å². The van der Waals surface area contributed by atoms with Crippen LogP contribution in [0.25, 0.3) is 0 Å². The topological polar surface area (TPSA) is 76.2 Å². The Morgan fingerprint density at radius 2 is 1.65 bits per heavy atom. The summed E-state index contributed by atoms with van der Waals surface area (Å²) in [5, 5.41) is -0.291. The van der Waals surface area contributed by atoms with Gasteiger partial charge in [-0.1, -0.05) is 53.7 Å². The number of esters is 1. The molecule has 0 aliphatic carbocycles. The highest BCUT2D eigenvalue weighted by Gasteiger charge is 2.54. The normalized spacial score (nSPS) is 21.2. The maximum atomic E-state index is 14.0. The van der Waals surface area contributed by atoms with E-state index in [1.165, 1.54) is 25.6 Å². The molecule has 40 heavy (non-hydrogen) atoms. The molecule has 5 rings (SSSR count). The van der Waals surface area contributed by atoms with E-state index in [0.717, 1.165) is 16.1 Å². The maximum Gasteiger partial charge on any atom is 0.335 e. The van der Waals surface area contributed by atoms with Crippen molar-refractivity contribution in [3.63, 3.8) is 0 Å². The lowest BCUT2D eigenvalue weighted by Gasteiger charge is -2.31. The number of benzene rings is 3. The van der Waals surface area contributed by atoms with Crippen LogP contribution in [0, 0.1) is 0 Å². The predicted octanol–water partition coefficient (Wildman–Crippen LogP) is 6.85. The van der Waals surface area contributed by atoms with Crippen molar-refractivity contribution >= 4 is 58.6 Å². The first kappa shape index (κ1) is 28.4. The Morgan fingerprint density at radius 3 is 2.30 bits per heavy atom. The van der Waals surface area contributed by atoms with Gasteiger partial charge in [-0.2, -0.15) is 0 Å². The van der Waals surface area contributed by atoms with Gasteiger partial charge in [-0.15, -0.1) is 11.8 Å². The van der Waals surface area contributed by atoms with Gasteiger partial charge in [0.1, 0.15) is 28.3 Å². The second kappa shape index (κ2) is 11.0.